The minimum atomic E-state index is -4.57. The van der Waals surface area contributed by atoms with Gasteiger partial charge in [0, 0.05) is 17.0 Å². The van der Waals surface area contributed by atoms with E-state index < -0.39 is 17.5 Å². The molecule has 1 aliphatic heterocycles. The van der Waals surface area contributed by atoms with Gasteiger partial charge in [-0.05, 0) is 74.9 Å². The molecule has 0 radical (unpaired) electrons. The summed E-state index contributed by atoms with van der Waals surface area (Å²) in [6, 6.07) is 9.29. The summed E-state index contributed by atoms with van der Waals surface area (Å²) in [4.78, 5) is 12.6. The van der Waals surface area contributed by atoms with Crippen LogP contribution in [0.2, 0.25) is 5.02 Å². The molecule has 1 atom stereocenters. The second-order valence-electron chi connectivity index (χ2n) is 7.82. The fourth-order valence-corrected chi connectivity index (χ4v) is 4.12. The SMILES string of the molecule is Cc1ccc(C(=O)Cc2ccc(CCCC3CCNC3)cc2Cl)c(C(F)(F)F)c1. The zero-order valence-electron chi connectivity index (χ0n) is 16.4. The van der Waals surface area contributed by atoms with E-state index in [0.717, 1.165) is 43.5 Å². The molecule has 2 aromatic carbocycles. The van der Waals surface area contributed by atoms with Crippen LogP contribution in [-0.2, 0) is 19.0 Å². The molecule has 0 spiro atoms. The minimum absolute atomic E-state index is 0.154. The van der Waals surface area contributed by atoms with Crippen LogP contribution in [0.4, 0.5) is 13.2 Å². The van der Waals surface area contributed by atoms with Gasteiger partial charge in [-0.15, -0.1) is 0 Å². The fourth-order valence-electron chi connectivity index (χ4n) is 3.85. The van der Waals surface area contributed by atoms with E-state index in [0.29, 0.717) is 16.1 Å². The van der Waals surface area contributed by atoms with Crippen LogP contribution in [0, 0.1) is 12.8 Å². The van der Waals surface area contributed by atoms with Crippen molar-refractivity contribution < 1.29 is 18.0 Å². The van der Waals surface area contributed by atoms with Crippen molar-refractivity contribution in [1.29, 1.82) is 0 Å². The topological polar surface area (TPSA) is 29.1 Å². The average Bonchev–Trinajstić information content (AvgIpc) is 3.16. The van der Waals surface area contributed by atoms with Crippen LogP contribution in [0.25, 0.3) is 0 Å². The Bertz CT molecular complexity index is 873. The molecule has 6 heteroatoms. The number of alkyl halides is 3. The number of halogens is 4. The third kappa shape index (κ3) is 5.83. The number of carbonyl (C=O) groups is 1. The van der Waals surface area contributed by atoms with Crippen molar-refractivity contribution in [2.75, 3.05) is 13.1 Å². The summed E-state index contributed by atoms with van der Waals surface area (Å²) in [6.45, 7) is 3.75. The van der Waals surface area contributed by atoms with Gasteiger partial charge < -0.3 is 5.32 Å². The largest absolute Gasteiger partial charge is 0.417 e. The molecule has 1 aliphatic rings. The maximum absolute atomic E-state index is 13.3. The highest BCUT2D eigenvalue weighted by atomic mass is 35.5. The predicted octanol–water partition coefficient (Wildman–Crippen LogP) is 6.02. The van der Waals surface area contributed by atoms with Gasteiger partial charge in [0.1, 0.15) is 0 Å². The standard InChI is InChI=1S/C23H25ClF3NO/c1-15-5-8-19(20(11-15)23(25,26)27)22(29)13-18-7-6-16(12-21(18)24)3-2-4-17-9-10-28-14-17/h5-8,11-12,17,28H,2-4,9-10,13-14H2,1H3. The summed E-state index contributed by atoms with van der Waals surface area (Å²) in [7, 11) is 0. The van der Waals surface area contributed by atoms with Crippen LogP contribution >= 0.6 is 11.6 Å². The van der Waals surface area contributed by atoms with Gasteiger partial charge >= 0.3 is 6.18 Å². The molecule has 0 aliphatic carbocycles. The molecular weight excluding hydrogens is 399 g/mol. The smallest absolute Gasteiger partial charge is 0.316 e. The Kier molecular flexibility index (Phi) is 7.01. The predicted molar refractivity (Wildman–Crippen MR) is 110 cm³/mol. The second-order valence-corrected chi connectivity index (χ2v) is 8.23. The van der Waals surface area contributed by atoms with Gasteiger partial charge in [0.25, 0.3) is 0 Å². The van der Waals surface area contributed by atoms with Gasteiger partial charge in [0.2, 0.25) is 0 Å². The van der Waals surface area contributed by atoms with Crippen molar-refractivity contribution in [1.82, 2.24) is 5.32 Å². The number of ketones is 1. The summed E-state index contributed by atoms with van der Waals surface area (Å²) in [5, 5.41) is 3.79. The highest BCUT2D eigenvalue weighted by Crippen LogP contribution is 2.33. The van der Waals surface area contributed by atoms with E-state index >= 15 is 0 Å². The molecule has 0 amide bonds. The molecule has 0 aromatic heterocycles. The first-order chi connectivity index (χ1) is 13.7. The summed E-state index contributed by atoms with van der Waals surface area (Å²) >= 11 is 6.34. The molecule has 1 fully saturated rings. The van der Waals surface area contributed by atoms with Crippen LogP contribution in [0.3, 0.4) is 0 Å². The highest BCUT2D eigenvalue weighted by Gasteiger charge is 2.35. The van der Waals surface area contributed by atoms with Crippen molar-refractivity contribution in [3.8, 4) is 0 Å². The van der Waals surface area contributed by atoms with Crippen LogP contribution in [-0.4, -0.2) is 18.9 Å². The Morgan fingerprint density at radius 2 is 2.00 bits per heavy atom. The monoisotopic (exact) mass is 423 g/mol. The summed E-state index contributed by atoms with van der Waals surface area (Å²) in [5.41, 5.74) is 0.896. The number of carbonyl (C=O) groups excluding carboxylic acids is 1. The van der Waals surface area contributed by atoms with Gasteiger partial charge in [0.05, 0.1) is 5.56 Å². The number of aryl methyl sites for hydroxylation is 2. The third-order valence-corrected chi connectivity index (χ3v) is 5.84. The van der Waals surface area contributed by atoms with Gasteiger partial charge in [-0.2, -0.15) is 13.2 Å². The normalized spacial score (nSPS) is 16.9. The first kappa shape index (κ1) is 21.8. The molecule has 29 heavy (non-hydrogen) atoms. The maximum Gasteiger partial charge on any atom is 0.417 e. The van der Waals surface area contributed by atoms with Crippen molar-refractivity contribution in [3.63, 3.8) is 0 Å². The van der Waals surface area contributed by atoms with E-state index in [9.17, 15) is 18.0 Å². The molecular formula is C23H25ClF3NO. The lowest BCUT2D eigenvalue weighted by Crippen LogP contribution is -2.15. The fraction of sp³-hybridized carbons (Fsp3) is 0.435. The first-order valence-corrected chi connectivity index (χ1v) is 10.3. The zero-order valence-corrected chi connectivity index (χ0v) is 17.2. The highest BCUT2D eigenvalue weighted by molar-refractivity contribution is 6.31. The molecule has 0 saturated carbocycles. The summed E-state index contributed by atoms with van der Waals surface area (Å²) in [6.07, 6.45) is -0.363. The minimum Gasteiger partial charge on any atom is -0.316 e. The Labute approximate surface area is 174 Å². The molecule has 1 saturated heterocycles. The van der Waals surface area contributed by atoms with Crippen molar-refractivity contribution in [2.24, 2.45) is 5.92 Å². The number of rotatable bonds is 7. The van der Waals surface area contributed by atoms with E-state index in [1.54, 1.807) is 13.0 Å². The number of Topliss-reactive ketones (excluding diaryl/α,β-unsaturated/α-hetero) is 1. The Hall–Kier alpha value is -1.85. The quantitative estimate of drug-likeness (QED) is 0.551. The van der Waals surface area contributed by atoms with E-state index in [2.05, 4.69) is 5.32 Å². The Balaban J connectivity index is 1.66. The number of nitrogens with one attached hydrogen (secondary N) is 1. The number of benzene rings is 2. The maximum atomic E-state index is 13.3. The molecule has 0 bridgehead atoms. The van der Waals surface area contributed by atoms with Crippen LogP contribution in [0.5, 0.6) is 0 Å². The Morgan fingerprint density at radius 3 is 2.66 bits per heavy atom. The molecule has 2 aromatic rings. The van der Waals surface area contributed by atoms with Gasteiger partial charge in [-0.3, -0.25) is 4.79 Å². The molecule has 2 nitrogen and oxygen atoms in total. The Morgan fingerprint density at radius 1 is 1.21 bits per heavy atom. The van der Waals surface area contributed by atoms with Gasteiger partial charge in [-0.1, -0.05) is 41.4 Å². The van der Waals surface area contributed by atoms with E-state index in [-0.39, 0.29) is 12.0 Å². The molecule has 156 valence electrons. The molecule has 1 heterocycles. The lowest BCUT2D eigenvalue weighted by Gasteiger charge is -2.14. The third-order valence-electron chi connectivity index (χ3n) is 5.49. The van der Waals surface area contributed by atoms with Crippen LogP contribution in [0.1, 0.15) is 51.9 Å². The lowest BCUT2D eigenvalue weighted by molar-refractivity contribution is -0.137. The molecule has 1 unspecified atom stereocenters. The van der Waals surface area contributed by atoms with Crippen molar-refractivity contribution >= 4 is 17.4 Å². The van der Waals surface area contributed by atoms with Crippen molar-refractivity contribution in [3.05, 3.63) is 69.2 Å². The first-order valence-electron chi connectivity index (χ1n) is 9.93. The molecule has 3 rings (SSSR count). The van der Waals surface area contributed by atoms with E-state index in [1.807, 2.05) is 12.1 Å². The van der Waals surface area contributed by atoms with Crippen molar-refractivity contribution in [2.45, 2.75) is 45.2 Å². The summed E-state index contributed by atoms with van der Waals surface area (Å²) < 4.78 is 39.9. The van der Waals surface area contributed by atoms with Crippen LogP contribution in [0.15, 0.2) is 36.4 Å². The number of hydrogen-bond donors (Lipinski definition) is 1. The average molecular weight is 424 g/mol. The van der Waals surface area contributed by atoms with E-state index in [1.165, 1.54) is 25.0 Å². The van der Waals surface area contributed by atoms with E-state index in [4.69, 9.17) is 11.6 Å². The van der Waals surface area contributed by atoms with Gasteiger partial charge in [-0.25, -0.2) is 0 Å². The summed E-state index contributed by atoms with van der Waals surface area (Å²) in [5.74, 6) is 0.153. The van der Waals surface area contributed by atoms with Crippen LogP contribution < -0.4 is 5.32 Å². The molecule has 1 N–H and O–H groups in total. The lowest BCUT2D eigenvalue weighted by atomic mass is 9.95. The second kappa shape index (κ2) is 9.31. The number of hydrogen-bond acceptors (Lipinski definition) is 2. The zero-order chi connectivity index (χ0) is 21.0. The van der Waals surface area contributed by atoms with Gasteiger partial charge in [0.15, 0.2) is 5.78 Å².